The number of nitrogens with one attached hydrogen (secondary N) is 2. The molecule has 0 aromatic heterocycles. The van der Waals surface area contributed by atoms with Crippen LogP contribution in [0.2, 0.25) is 0 Å². The maximum atomic E-state index is 12.2. The van der Waals surface area contributed by atoms with Crippen LogP contribution in [0.3, 0.4) is 0 Å². The van der Waals surface area contributed by atoms with Crippen LogP contribution < -0.4 is 10.6 Å². The van der Waals surface area contributed by atoms with E-state index in [1.807, 2.05) is 6.08 Å². The number of unbranched alkanes of at least 4 members (excludes halogenated alkanes) is 2. The van der Waals surface area contributed by atoms with Gasteiger partial charge in [-0.3, -0.25) is 14.4 Å². The van der Waals surface area contributed by atoms with E-state index >= 15 is 0 Å². The van der Waals surface area contributed by atoms with E-state index in [1.54, 1.807) is 11.8 Å². The molecule has 0 aliphatic carbocycles. The Hall–Kier alpha value is -1.58. The summed E-state index contributed by atoms with van der Waals surface area (Å²) >= 11 is 1.59. The predicted molar refractivity (Wildman–Crippen MR) is 118 cm³/mol. The molecule has 0 saturated carbocycles. The van der Waals surface area contributed by atoms with Crippen LogP contribution in [-0.4, -0.2) is 71.9 Å². The monoisotopic (exact) mass is 454 g/mol. The minimum Gasteiger partial charge on any atom is -0.481 e. The van der Waals surface area contributed by atoms with Crippen molar-refractivity contribution in [1.82, 2.24) is 10.6 Å². The molecule has 2 bridgehead atoms. The molecule has 9 heteroatoms. The first-order chi connectivity index (χ1) is 15.0. The third kappa shape index (κ3) is 6.95. The maximum absolute atomic E-state index is 12.2. The second kappa shape index (κ2) is 11.9. The number of rotatable bonds is 15. The predicted octanol–water partition coefficient (Wildman–Crippen LogP) is 1.73. The van der Waals surface area contributed by atoms with Gasteiger partial charge in [0, 0.05) is 18.9 Å². The third-order valence-corrected chi connectivity index (χ3v) is 7.15. The lowest BCUT2D eigenvalue weighted by atomic mass is 9.77. The topological polar surface area (TPSA) is 117 Å². The van der Waals surface area contributed by atoms with Gasteiger partial charge >= 0.3 is 5.97 Å². The molecular formula is C22H34N2O6S. The molecule has 174 valence electrons. The Kier molecular flexibility index (Phi) is 9.22. The van der Waals surface area contributed by atoms with E-state index in [0.29, 0.717) is 18.7 Å². The van der Waals surface area contributed by atoms with Crippen LogP contribution in [0.1, 0.15) is 45.4 Å². The number of carboxylic acid groups (broad SMARTS) is 1. The highest BCUT2D eigenvalue weighted by atomic mass is 32.2. The second-order valence-electron chi connectivity index (χ2n) is 8.44. The van der Waals surface area contributed by atoms with E-state index in [2.05, 4.69) is 23.6 Å². The summed E-state index contributed by atoms with van der Waals surface area (Å²) in [5.74, 6) is 0.727. The standard InChI is InChI=1S/C22H34N2O6S/c1-2-3-10-31-13-17(26)24-12-16(25)23-11-15-14(8-6-4-5-7-9-18(27)28)19-21-22(30-21)20(15)29-19/h4,6,14-15,19-22H,2-3,5,7-13H2,1H3,(H,23,25)(H,24,26)(H,27,28)/t14-,15+,19+,20-,21-,22+/m0/s1. The van der Waals surface area contributed by atoms with E-state index in [4.69, 9.17) is 14.6 Å². The molecule has 3 N–H and O–H groups in total. The molecule has 0 spiro atoms. The summed E-state index contributed by atoms with van der Waals surface area (Å²) in [4.78, 5) is 34.6. The van der Waals surface area contributed by atoms with Crippen molar-refractivity contribution in [1.29, 1.82) is 0 Å². The van der Waals surface area contributed by atoms with Crippen LogP contribution in [0.15, 0.2) is 12.2 Å². The molecule has 3 heterocycles. The van der Waals surface area contributed by atoms with Crippen molar-refractivity contribution in [3.63, 3.8) is 0 Å². The molecule has 6 atom stereocenters. The van der Waals surface area contributed by atoms with Gasteiger partial charge in [-0.25, -0.2) is 0 Å². The zero-order valence-electron chi connectivity index (χ0n) is 18.1. The molecule has 31 heavy (non-hydrogen) atoms. The molecule has 3 rings (SSSR count). The molecule has 0 radical (unpaired) electrons. The van der Waals surface area contributed by atoms with Gasteiger partial charge in [-0.1, -0.05) is 25.5 Å². The zero-order chi connectivity index (χ0) is 22.2. The highest BCUT2D eigenvalue weighted by Gasteiger charge is 2.68. The lowest BCUT2D eigenvalue weighted by Crippen LogP contribution is -2.44. The van der Waals surface area contributed by atoms with E-state index < -0.39 is 5.97 Å². The van der Waals surface area contributed by atoms with Gasteiger partial charge in [0.2, 0.25) is 11.8 Å². The van der Waals surface area contributed by atoms with E-state index in [-0.39, 0.29) is 61.0 Å². The van der Waals surface area contributed by atoms with Crippen LogP contribution in [0, 0.1) is 11.8 Å². The SMILES string of the molecule is CCCCSCC(=O)NCC(=O)NC[C@@H]1[C@H](CC=CCCCC(=O)O)[C@H]2O[C@@H]1[C@H]1O[C@H]12. The average Bonchev–Trinajstić information content (AvgIpc) is 3.37. The molecule has 3 aliphatic heterocycles. The fraction of sp³-hybridized carbons (Fsp3) is 0.773. The number of carbonyl (C=O) groups excluding carboxylic acids is 2. The van der Waals surface area contributed by atoms with Crippen molar-refractivity contribution >= 4 is 29.5 Å². The van der Waals surface area contributed by atoms with Crippen LogP contribution in [0.5, 0.6) is 0 Å². The number of hydrogen-bond donors (Lipinski definition) is 3. The number of ether oxygens (including phenoxy) is 2. The first kappa shape index (κ1) is 24.1. The number of thioether (sulfide) groups is 1. The van der Waals surface area contributed by atoms with Crippen LogP contribution in [0.4, 0.5) is 0 Å². The van der Waals surface area contributed by atoms with Crippen LogP contribution in [0.25, 0.3) is 0 Å². The van der Waals surface area contributed by atoms with Gasteiger partial charge in [-0.15, -0.1) is 0 Å². The van der Waals surface area contributed by atoms with E-state index in [9.17, 15) is 14.4 Å². The number of epoxide rings is 1. The van der Waals surface area contributed by atoms with Gasteiger partial charge in [0.15, 0.2) is 0 Å². The third-order valence-electron chi connectivity index (χ3n) is 6.11. The Morgan fingerprint density at radius 1 is 0.968 bits per heavy atom. The fourth-order valence-electron chi connectivity index (χ4n) is 4.43. The van der Waals surface area contributed by atoms with Gasteiger partial charge in [-0.2, -0.15) is 11.8 Å². The first-order valence-corrected chi connectivity index (χ1v) is 12.5. The summed E-state index contributed by atoms with van der Waals surface area (Å²) in [5, 5.41) is 14.3. The number of carbonyl (C=O) groups is 3. The van der Waals surface area contributed by atoms with Gasteiger partial charge in [0.25, 0.3) is 0 Å². The van der Waals surface area contributed by atoms with E-state index in [0.717, 1.165) is 31.4 Å². The van der Waals surface area contributed by atoms with Crippen molar-refractivity contribution in [2.45, 2.75) is 69.9 Å². The number of allylic oxidation sites excluding steroid dienone is 2. The quantitative estimate of drug-likeness (QED) is 0.196. The van der Waals surface area contributed by atoms with Crippen molar-refractivity contribution in [3.8, 4) is 0 Å². The lowest BCUT2D eigenvalue weighted by molar-refractivity contribution is -0.137. The molecule has 2 amide bonds. The van der Waals surface area contributed by atoms with Crippen LogP contribution >= 0.6 is 11.8 Å². The Labute approximate surface area is 187 Å². The maximum Gasteiger partial charge on any atom is 0.303 e. The second-order valence-corrected chi connectivity index (χ2v) is 9.54. The molecule has 0 aromatic rings. The zero-order valence-corrected chi connectivity index (χ0v) is 18.9. The van der Waals surface area contributed by atoms with Crippen LogP contribution in [-0.2, 0) is 23.9 Å². The smallest absolute Gasteiger partial charge is 0.303 e. The Morgan fingerprint density at radius 2 is 1.71 bits per heavy atom. The van der Waals surface area contributed by atoms with Crippen molar-refractivity contribution in [3.05, 3.63) is 12.2 Å². The Bertz CT molecular complexity index is 672. The summed E-state index contributed by atoms with van der Waals surface area (Å²) in [6, 6.07) is 0. The van der Waals surface area contributed by atoms with Gasteiger partial charge < -0.3 is 25.2 Å². The van der Waals surface area contributed by atoms with E-state index in [1.165, 1.54) is 0 Å². The van der Waals surface area contributed by atoms with Crippen molar-refractivity contribution < 1.29 is 29.0 Å². The summed E-state index contributed by atoms with van der Waals surface area (Å²) in [7, 11) is 0. The molecule has 3 saturated heterocycles. The number of amides is 2. The highest BCUT2D eigenvalue weighted by Crippen LogP contribution is 2.54. The minimum absolute atomic E-state index is 0.00839. The Balaban J connectivity index is 1.36. The number of carboxylic acids is 1. The average molecular weight is 455 g/mol. The summed E-state index contributed by atoms with van der Waals surface area (Å²) in [6.07, 6.45) is 9.15. The number of aliphatic carboxylic acids is 1. The normalized spacial score (nSPS) is 30.4. The largest absolute Gasteiger partial charge is 0.481 e. The highest BCUT2D eigenvalue weighted by molar-refractivity contribution is 7.99. The molecule has 8 nitrogen and oxygen atoms in total. The summed E-state index contributed by atoms with van der Waals surface area (Å²) in [5.41, 5.74) is 0. The van der Waals surface area contributed by atoms with Gasteiger partial charge in [0.1, 0.15) is 12.2 Å². The molecule has 3 aliphatic rings. The fourth-order valence-corrected chi connectivity index (χ4v) is 5.36. The molecule has 3 fully saturated rings. The Morgan fingerprint density at radius 3 is 2.45 bits per heavy atom. The van der Waals surface area contributed by atoms with Gasteiger partial charge in [-0.05, 0) is 37.4 Å². The number of fused-ring (bicyclic) bond motifs is 5. The van der Waals surface area contributed by atoms with Crippen molar-refractivity contribution in [2.75, 3.05) is 24.6 Å². The lowest BCUT2D eigenvalue weighted by Gasteiger charge is -2.25. The summed E-state index contributed by atoms with van der Waals surface area (Å²) in [6.45, 7) is 2.61. The minimum atomic E-state index is -0.769. The molecular weight excluding hydrogens is 420 g/mol. The number of hydrogen-bond acceptors (Lipinski definition) is 6. The molecule has 0 aromatic carbocycles. The first-order valence-electron chi connectivity index (χ1n) is 11.3. The van der Waals surface area contributed by atoms with Crippen molar-refractivity contribution in [2.24, 2.45) is 11.8 Å². The van der Waals surface area contributed by atoms with Gasteiger partial charge in [0.05, 0.1) is 24.5 Å². The summed E-state index contributed by atoms with van der Waals surface area (Å²) < 4.78 is 11.8. The molecule has 0 unspecified atom stereocenters.